The van der Waals surface area contributed by atoms with Crippen LogP contribution in [0.4, 0.5) is 9.18 Å². The van der Waals surface area contributed by atoms with E-state index < -0.39 is 5.60 Å². The van der Waals surface area contributed by atoms with Gasteiger partial charge < -0.3 is 15.0 Å². The van der Waals surface area contributed by atoms with E-state index in [1.54, 1.807) is 4.90 Å². The Morgan fingerprint density at radius 3 is 2.61 bits per heavy atom. The van der Waals surface area contributed by atoms with Crippen LogP contribution in [0.15, 0.2) is 24.3 Å². The molecule has 1 saturated heterocycles. The summed E-state index contributed by atoms with van der Waals surface area (Å²) in [5.74, 6) is 0.382. The molecule has 1 N–H and O–H groups in total. The van der Waals surface area contributed by atoms with Gasteiger partial charge in [0, 0.05) is 25.6 Å². The van der Waals surface area contributed by atoms with Crippen molar-refractivity contribution in [2.24, 2.45) is 5.92 Å². The maximum absolute atomic E-state index is 13.2. The zero-order valence-electron chi connectivity index (χ0n) is 14.4. The number of hydrogen-bond acceptors (Lipinski definition) is 3. The minimum atomic E-state index is -0.476. The molecule has 0 bridgehead atoms. The first kappa shape index (κ1) is 17.7. The van der Waals surface area contributed by atoms with Crippen LogP contribution in [-0.4, -0.2) is 43.3 Å². The van der Waals surface area contributed by atoms with Gasteiger partial charge in [0.25, 0.3) is 0 Å². The molecule has 0 saturated carbocycles. The molecule has 1 amide bonds. The number of nitrogens with zero attached hydrogens (tertiary/aromatic N) is 1. The van der Waals surface area contributed by atoms with Crippen LogP contribution in [0.2, 0.25) is 0 Å². The molecule has 0 aliphatic carbocycles. The molecule has 4 nitrogen and oxygen atoms in total. The van der Waals surface area contributed by atoms with Gasteiger partial charge in [-0.3, -0.25) is 0 Å². The summed E-state index contributed by atoms with van der Waals surface area (Å²) in [4.78, 5) is 14.0. The fourth-order valence-corrected chi connectivity index (χ4v) is 3.09. The number of nitrogens with one attached hydrogen (secondary N) is 1. The Labute approximate surface area is 138 Å². The van der Waals surface area contributed by atoms with E-state index in [0.29, 0.717) is 19.0 Å². The minimum Gasteiger partial charge on any atom is -0.444 e. The first-order valence-electron chi connectivity index (χ1n) is 8.18. The standard InChI is InChI=1S/C18H27FN2O2/c1-18(2,3)23-17(22)21-10-9-14(12-21)16(11-20-4)13-5-7-15(19)8-6-13/h5-8,14,16,20H,9-12H2,1-4H3. The third kappa shape index (κ3) is 4.93. The topological polar surface area (TPSA) is 41.6 Å². The maximum Gasteiger partial charge on any atom is 0.410 e. The zero-order chi connectivity index (χ0) is 17.0. The fourth-order valence-electron chi connectivity index (χ4n) is 3.09. The van der Waals surface area contributed by atoms with Gasteiger partial charge in [-0.15, -0.1) is 0 Å². The molecule has 23 heavy (non-hydrogen) atoms. The minimum absolute atomic E-state index is 0.223. The number of likely N-dealkylation sites (N-methyl/N-ethyl adjacent to an activating group) is 1. The van der Waals surface area contributed by atoms with E-state index >= 15 is 0 Å². The predicted octanol–water partition coefficient (Wildman–Crippen LogP) is 3.39. The van der Waals surface area contributed by atoms with Crippen LogP contribution < -0.4 is 5.32 Å². The fraction of sp³-hybridized carbons (Fsp3) is 0.611. The first-order chi connectivity index (χ1) is 10.8. The van der Waals surface area contributed by atoms with Crippen molar-refractivity contribution in [1.82, 2.24) is 10.2 Å². The number of amides is 1. The van der Waals surface area contributed by atoms with Crippen LogP contribution in [0.1, 0.15) is 38.7 Å². The van der Waals surface area contributed by atoms with Crippen molar-refractivity contribution in [1.29, 1.82) is 0 Å². The van der Waals surface area contributed by atoms with Gasteiger partial charge in [-0.25, -0.2) is 9.18 Å². The van der Waals surface area contributed by atoms with Crippen molar-refractivity contribution in [2.45, 2.75) is 38.7 Å². The Morgan fingerprint density at radius 1 is 1.39 bits per heavy atom. The van der Waals surface area contributed by atoms with Crippen LogP contribution in [0.5, 0.6) is 0 Å². The second-order valence-corrected chi connectivity index (χ2v) is 7.19. The van der Waals surface area contributed by atoms with Crippen molar-refractivity contribution in [3.63, 3.8) is 0 Å². The molecule has 1 aromatic carbocycles. The highest BCUT2D eigenvalue weighted by Gasteiger charge is 2.34. The van der Waals surface area contributed by atoms with E-state index in [-0.39, 0.29) is 17.8 Å². The summed E-state index contributed by atoms with van der Waals surface area (Å²) in [7, 11) is 1.91. The largest absolute Gasteiger partial charge is 0.444 e. The average molecular weight is 322 g/mol. The normalized spacial score (nSPS) is 19.7. The van der Waals surface area contributed by atoms with Crippen molar-refractivity contribution in [2.75, 3.05) is 26.7 Å². The lowest BCUT2D eigenvalue weighted by atomic mass is 9.85. The molecule has 1 fully saturated rings. The van der Waals surface area contributed by atoms with Crippen LogP contribution in [0.3, 0.4) is 0 Å². The molecule has 128 valence electrons. The third-order valence-corrected chi connectivity index (χ3v) is 4.17. The quantitative estimate of drug-likeness (QED) is 0.924. The smallest absolute Gasteiger partial charge is 0.410 e. The SMILES string of the molecule is CNCC(c1ccc(F)cc1)C1CCN(C(=O)OC(C)(C)C)C1. The molecule has 0 radical (unpaired) electrons. The summed E-state index contributed by atoms with van der Waals surface area (Å²) in [6.07, 6.45) is 0.686. The lowest BCUT2D eigenvalue weighted by Gasteiger charge is -2.26. The Kier molecular flexibility index (Phi) is 5.63. The highest BCUT2D eigenvalue weighted by atomic mass is 19.1. The number of hydrogen-bond donors (Lipinski definition) is 1. The molecule has 1 aromatic rings. The molecule has 1 aliphatic rings. The maximum atomic E-state index is 13.2. The van der Waals surface area contributed by atoms with Gasteiger partial charge in [0.1, 0.15) is 11.4 Å². The Morgan fingerprint density at radius 2 is 2.04 bits per heavy atom. The highest BCUT2D eigenvalue weighted by molar-refractivity contribution is 5.68. The Balaban J connectivity index is 2.04. The summed E-state index contributed by atoms with van der Waals surface area (Å²) in [5, 5.41) is 3.21. The van der Waals surface area contributed by atoms with Crippen LogP contribution >= 0.6 is 0 Å². The molecule has 0 spiro atoms. The van der Waals surface area contributed by atoms with E-state index in [9.17, 15) is 9.18 Å². The van der Waals surface area contributed by atoms with Crippen molar-refractivity contribution < 1.29 is 13.9 Å². The van der Waals surface area contributed by atoms with Crippen LogP contribution in [0, 0.1) is 11.7 Å². The number of halogens is 1. The Hall–Kier alpha value is -1.62. The van der Waals surface area contributed by atoms with Gasteiger partial charge in [-0.2, -0.15) is 0 Å². The number of carbonyl (C=O) groups is 1. The molecule has 1 heterocycles. The van der Waals surface area contributed by atoms with Gasteiger partial charge in [0.05, 0.1) is 0 Å². The van der Waals surface area contributed by atoms with Gasteiger partial charge in [0.15, 0.2) is 0 Å². The van der Waals surface area contributed by atoms with Crippen molar-refractivity contribution >= 4 is 6.09 Å². The number of rotatable bonds is 4. The van der Waals surface area contributed by atoms with Gasteiger partial charge in [0.2, 0.25) is 0 Å². The first-order valence-corrected chi connectivity index (χ1v) is 8.18. The molecule has 5 heteroatoms. The molecule has 2 rings (SSSR count). The van der Waals surface area contributed by atoms with E-state index in [4.69, 9.17) is 4.74 Å². The van der Waals surface area contributed by atoms with E-state index in [2.05, 4.69) is 5.32 Å². The number of benzene rings is 1. The average Bonchev–Trinajstić information content (AvgIpc) is 2.94. The van der Waals surface area contributed by atoms with E-state index in [0.717, 1.165) is 18.5 Å². The van der Waals surface area contributed by atoms with Crippen molar-refractivity contribution in [3.8, 4) is 0 Å². The molecule has 0 aromatic heterocycles. The number of carbonyl (C=O) groups excluding carboxylic acids is 1. The van der Waals surface area contributed by atoms with E-state index in [1.807, 2.05) is 40.0 Å². The van der Waals surface area contributed by atoms with Gasteiger partial charge in [-0.05, 0) is 57.9 Å². The van der Waals surface area contributed by atoms with Crippen LogP contribution in [-0.2, 0) is 4.74 Å². The predicted molar refractivity (Wildman–Crippen MR) is 89.0 cm³/mol. The van der Waals surface area contributed by atoms with E-state index in [1.165, 1.54) is 12.1 Å². The molecular weight excluding hydrogens is 295 g/mol. The van der Waals surface area contributed by atoms with Gasteiger partial charge >= 0.3 is 6.09 Å². The van der Waals surface area contributed by atoms with Gasteiger partial charge in [-0.1, -0.05) is 12.1 Å². The number of likely N-dealkylation sites (tertiary alicyclic amines) is 1. The van der Waals surface area contributed by atoms with Crippen molar-refractivity contribution in [3.05, 3.63) is 35.6 Å². The lowest BCUT2D eigenvalue weighted by Crippen LogP contribution is -2.36. The highest BCUT2D eigenvalue weighted by Crippen LogP contribution is 2.32. The summed E-state index contributed by atoms with van der Waals surface area (Å²) in [6, 6.07) is 6.68. The molecular formula is C18H27FN2O2. The zero-order valence-corrected chi connectivity index (χ0v) is 14.4. The summed E-state index contributed by atoms with van der Waals surface area (Å²) >= 11 is 0. The summed E-state index contributed by atoms with van der Waals surface area (Å²) in [6.45, 7) is 7.82. The summed E-state index contributed by atoms with van der Waals surface area (Å²) in [5.41, 5.74) is 0.632. The number of ether oxygens (including phenoxy) is 1. The monoisotopic (exact) mass is 322 g/mol. The molecule has 2 atom stereocenters. The Bertz CT molecular complexity index is 525. The second kappa shape index (κ2) is 7.30. The summed E-state index contributed by atoms with van der Waals surface area (Å²) < 4.78 is 18.6. The second-order valence-electron chi connectivity index (χ2n) is 7.19. The molecule has 1 aliphatic heterocycles. The lowest BCUT2D eigenvalue weighted by molar-refractivity contribution is 0.0286. The third-order valence-electron chi connectivity index (χ3n) is 4.17. The molecule has 2 unspecified atom stereocenters. The van der Waals surface area contributed by atoms with Crippen LogP contribution in [0.25, 0.3) is 0 Å².